The van der Waals surface area contributed by atoms with Gasteiger partial charge in [0.25, 0.3) is 0 Å². The van der Waals surface area contributed by atoms with Crippen molar-refractivity contribution in [3.63, 3.8) is 0 Å². The average Bonchev–Trinajstić information content (AvgIpc) is 3.66. The topological polar surface area (TPSA) is 3.24 Å². The Morgan fingerprint density at radius 1 is 0.600 bits per heavy atom. The Kier molecular flexibility index (Phi) is 7.97. The first-order valence-corrected chi connectivity index (χ1v) is 19.7. The summed E-state index contributed by atoms with van der Waals surface area (Å²) in [5.74, 6) is 8.40. The second-order valence-corrected chi connectivity index (χ2v) is 15.9. The van der Waals surface area contributed by atoms with Gasteiger partial charge in [-0.15, -0.1) is 0 Å². The minimum absolute atomic E-state index is 0.0439. The summed E-state index contributed by atoms with van der Waals surface area (Å²) in [5, 5.41) is 0. The lowest BCUT2D eigenvalue weighted by Crippen LogP contribution is -2.25. The van der Waals surface area contributed by atoms with E-state index in [1.165, 1.54) is 67.1 Å². The van der Waals surface area contributed by atoms with Crippen molar-refractivity contribution in [3.05, 3.63) is 227 Å². The van der Waals surface area contributed by atoms with E-state index in [1.807, 2.05) is 6.07 Å². The largest absolute Gasteiger partial charge is 0.314 e. The molecule has 0 aromatic heterocycles. The monoisotopic (exact) mass is 705 g/mol. The van der Waals surface area contributed by atoms with E-state index >= 15 is 0 Å². The molecule has 3 atom stereocenters. The van der Waals surface area contributed by atoms with E-state index in [0.717, 1.165) is 18.4 Å². The van der Waals surface area contributed by atoms with Crippen LogP contribution >= 0.6 is 0 Å². The second-order valence-electron chi connectivity index (χ2n) is 15.9. The molecular weight excluding hydrogens is 663 g/mol. The molecule has 4 aliphatic carbocycles. The number of benzene rings is 6. The van der Waals surface area contributed by atoms with Gasteiger partial charge in [-0.1, -0.05) is 165 Å². The Labute approximate surface area is 325 Å². The smallest absolute Gasteiger partial charge is 0.108 e. The molecule has 0 bridgehead atoms. The maximum Gasteiger partial charge on any atom is 0.108 e. The Morgan fingerprint density at radius 3 is 2.18 bits per heavy atom. The number of hydrogen-bond donors (Lipinski definition) is 0. The SMILES string of the molecule is CC1(C)c2cc(N(C3=CC=CCC3)c3cccc(-c4ccc5c(c4)C(C#Cc4ccccc4)(c4ccccc4)c4ccccc4-5)c3)ccc2C2C=CC=CC21. The molecule has 0 fully saturated rings. The maximum atomic E-state index is 3.88. The zero-order valence-corrected chi connectivity index (χ0v) is 31.4. The molecule has 0 heterocycles. The highest BCUT2D eigenvalue weighted by Crippen LogP contribution is 2.55. The van der Waals surface area contributed by atoms with Crippen LogP contribution in [0.1, 0.15) is 66.0 Å². The molecule has 3 unspecified atom stereocenters. The zero-order chi connectivity index (χ0) is 37.0. The highest BCUT2D eigenvalue weighted by atomic mass is 15.1. The number of allylic oxidation sites excluding steroid dienone is 8. The molecular formula is C54H43N. The van der Waals surface area contributed by atoms with E-state index in [-0.39, 0.29) is 5.41 Å². The third kappa shape index (κ3) is 5.39. The van der Waals surface area contributed by atoms with Gasteiger partial charge in [0.2, 0.25) is 0 Å². The standard InChI is InChI=1S/C54H43N/c1-53(2)49-27-14-12-25-45(49)47-32-30-44(37-51(47)53)55(42-22-10-5-11-23-42)43-24-16-19-39(35-43)40-29-31-48-46-26-13-15-28-50(46)54(52(48)36-40,41-20-8-4-9-21-41)34-33-38-17-6-3-7-18-38/h3-10,12-22,24-32,35-37,45,49H,11,23H2,1-2H3. The summed E-state index contributed by atoms with van der Waals surface area (Å²) >= 11 is 0. The predicted molar refractivity (Wildman–Crippen MR) is 230 cm³/mol. The molecule has 6 aromatic rings. The Morgan fingerprint density at radius 2 is 1.35 bits per heavy atom. The van der Waals surface area contributed by atoms with Crippen molar-refractivity contribution in [1.82, 2.24) is 0 Å². The van der Waals surface area contributed by atoms with Gasteiger partial charge in [-0.3, -0.25) is 0 Å². The molecule has 4 aliphatic rings. The van der Waals surface area contributed by atoms with Crippen LogP contribution < -0.4 is 4.90 Å². The molecule has 1 nitrogen and oxygen atoms in total. The highest BCUT2D eigenvalue weighted by molar-refractivity contribution is 5.89. The van der Waals surface area contributed by atoms with Gasteiger partial charge in [0, 0.05) is 28.6 Å². The van der Waals surface area contributed by atoms with Gasteiger partial charge in [-0.25, -0.2) is 0 Å². The van der Waals surface area contributed by atoms with Crippen LogP contribution in [-0.2, 0) is 10.8 Å². The van der Waals surface area contributed by atoms with E-state index < -0.39 is 5.41 Å². The van der Waals surface area contributed by atoms with Crippen molar-refractivity contribution in [2.24, 2.45) is 5.92 Å². The number of hydrogen-bond acceptors (Lipinski definition) is 1. The number of nitrogens with zero attached hydrogens (tertiary/aromatic N) is 1. The summed E-state index contributed by atoms with van der Waals surface area (Å²) in [7, 11) is 0. The van der Waals surface area contributed by atoms with Crippen molar-refractivity contribution >= 4 is 11.4 Å². The van der Waals surface area contributed by atoms with E-state index in [2.05, 4.69) is 213 Å². The molecule has 0 saturated carbocycles. The number of rotatable bonds is 5. The summed E-state index contributed by atoms with van der Waals surface area (Å²) < 4.78 is 0. The van der Waals surface area contributed by atoms with Gasteiger partial charge in [0.15, 0.2) is 0 Å². The molecule has 0 radical (unpaired) electrons. The van der Waals surface area contributed by atoms with E-state index in [9.17, 15) is 0 Å². The van der Waals surface area contributed by atoms with E-state index in [1.54, 1.807) is 0 Å². The quantitative estimate of drug-likeness (QED) is 0.161. The third-order valence-electron chi connectivity index (χ3n) is 12.5. The predicted octanol–water partition coefficient (Wildman–Crippen LogP) is 13.2. The van der Waals surface area contributed by atoms with Crippen LogP contribution in [0.4, 0.5) is 11.4 Å². The van der Waals surface area contributed by atoms with Crippen molar-refractivity contribution in [2.75, 3.05) is 4.90 Å². The zero-order valence-electron chi connectivity index (χ0n) is 31.4. The summed E-state index contributed by atoms with van der Waals surface area (Å²) in [4.78, 5) is 2.50. The molecule has 0 saturated heterocycles. The van der Waals surface area contributed by atoms with Crippen LogP contribution in [0.2, 0.25) is 0 Å². The van der Waals surface area contributed by atoms with Crippen LogP contribution in [0.25, 0.3) is 22.3 Å². The fraction of sp³-hybridized carbons (Fsp3) is 0.148. The molecule has 10 rings (SSSR count). The minimum atomic E-state index is -0.624. The summed E-state index contributed by atoms with van der Waals surface area (Å²) in [6.45, 7) is 4.84. The average molecular weight is 706 g/mol. The molecule has 0 spiro atoms. The minimum Gasteiger partial charge on any atom is -0.314 e. The first-order valence-electron chi connectivity index (χ1n) is 19.7. The molecule has 0 amide bonds. The van der Waals surface area contributed by atoms with Crippen LogP contribution in [0.3, 0.4) is 0 Å². The first kappa shape index (κ1) is 33.2. The highest BCUT2D eigenvalue weighted by Gasteiger charge is 2.45. The lowest BCUT2D eigenvalue weighted by atomic mass is 9.72. The van der Waals surface area contributed by atoms with Gasteiger partial charge in [-0.2, -0.15) is 0 Å². The lowest BCUT2D eigenvalue weighted by Gasteiger charge is -2.32. The Balaban J connectivity index is 1.12. The van der Waals surface area contributed by atoms with Gasteiger partial charge < -0.3 is 4.90 Å². The third-order valence-corrected chi connectivity index (χ3v) is 12.5. The lowest BCUT2D eigenvalue weighted by molar-refractivity contribution is 0.394. The first-order chi connectivity index (χ1) is 27.0. The normalized spacial score (nSPS) is 20.7. The molecule has 1 heteroatoms. The molecule has 55 heavy (non-hydrogen) atoms. The van der Waals surface area contributed by atoms with Gasteiger partial charge in [0.05, 0.1) is 0 Å². The van der Waals surface area contributed by atoms with Crippen molar-refractivity contribution < 1.29 is 0 Å². The molecule has 0 aliphatic heterocycles. The fourth-order valence-corrected chi connectivity index (χ4v) is 9.74. The van der Waals surface area contributed by atoms with Crippen molar-refractivity contribution in [1.29, 1.82) is 0 Å². The molecule has 0 N–H and O–H groups in total. The van der Waals surface area contributed by atoms with Crippen molar-refractivity contribution in [2.45, 2.75) is 43.4 Å². The van der Waals surface area contributed by atoms with E-state index in [0.29, 0.717) is 11.8 Å². The Bertz CT molecular complexity index is 2640. The fourth-order valence-electron chi connectivity index (χ4n) is 9.74. The van der Waals surface area contributed by atoms with Crippen LogP contribution in [0.5, 0.6) is 0 Å². The van der Waals surface area contributed by atoms with E-state index in [4.69, 9.17) is 0 Å². The second kappa shape index (κ2) is 13.2. The summed E-state index contributed by atoms with van der Waals surface area (Å²) in [5.41, 5.74) is 15.6. The number of fused-ring (bicyclic) bond motifs is 6. The van der Waals surface area contributed by atoms with Gasteiger partial charge in [-0.05, 0) is 123 Å². The van der Waals surface area contributed by atoms with Crippen LogP contribution in [0.15, 0.2) is 194 Å². The Hall–Kier alpha value is -6.36. The summed E-state index contributed by atoms with van der Waals surface area (Å²) in [6, 6.07) is 53.5. The number of anilines is 2. The van der Waals surface area contributed by atoms with Gasteiger partial charge >= 0.3 is 0 Å². The maximum absolute atomic E-state index is 3.88. The molecule has 264 valence electrons. The van der Waals surface area contributed by atoms with Crippen LogP contribution in [-0.4, -0.2) is 0 Å². The van der Waals surface area contributed by atoms with Crippen molar-refractivity contribution in [3.8, 4) is 34.1 Å². The summed E-state index contributed by atoms with van der Waals surface area (Å²) in [6.07, 6.45) is 18.1. The molecule has 6 aromatic carbocycles. The van der Waals surface area contributed by atoms with Crippen LogP contribution in [0, 0.1) is 17.8 Å². The van der Waals surface area contributed by atoms with Gasteiger partial charge in [0.1, 0.15) is 5.41 Å².